The molecule has 0 amide bonds. The lowest BCUT2D eigenvalue weighted by molar-refractivity contribution is -0.157. The number of hydrogen-bond donors (Lipinski definition) is 1. The van der Waals surface area contributed by atoms with Crippen LogP contribution in [0.5, 0.6) is 0 Å². The van der Waals surface area contributed by atoms with Crippen molar-refractivity contribution < 1.29 is 14.6 Å². The highest BCUT2D eigenvalue weighted by Gasteiger charge is 2.69. The van der Waals surface area contributed by atoms with Gasteiger partial charge in [0.1, 0.15) is 6.10 Å². The average molecular weight is 505 g/mol. The van der Waals surface area contributed by atoms with E-state index in [9.17, 15) is 9.90 Å². The van der Waals surface area contributed by atoms with E-state index < -0.39 is 14.2 Å². The second kappa shape index (κ2) is 9.94. The third kappa shape index (κ3) is 4.75. The Morgan fingerprint density at radius 2 is 1.56 bits per heavy atom. The lowest BCUT2D eigenvalue weighted by Gasteiger charge is -2.42. The molecule has 1 N–H and O–H groups in total. The lowest BCUT2D eigenvalue weighted by atomic mass is 9.68. The molecule has 5 unspecified atom stereocenters. The molecule has 3 nitrogen and oxygen atoms in total. The second-order valence-corrected chi connectivity index (χ2v) is 17.9. The SMILES string of the molecule is CCC(O)/C(=C/[Si](C)(C)C)C(=O)OC1C(C(c2ccccc2)c2ccccc2)C2CCC1(C)C2(C)C. The van der Waals surface area contributed by atoms with Gasteiger partial charge in [0.15, 0.2) is 0 Å². The first-order chi connectivity index (χ1) is 16.9. The maximum Gasteiger partial charge on any atom is 0.336 e. The van der Waals surface area contributed by atoms with Crippen molar-refractivity contribution in [2.75, 3.05) is 0 Å². The van der Waals surface area contributed by atoms with E-state index in [0.29, 0.717) is 17.9 Å². The predicted octanol–water partition coefficient (Wildman–Crippen LogP) is 7.38. The first kappa shape index (κ1) is 26.9. The summed E-state index contributed by atoms with van der Waals surface area (Å²) in [6, 6.07) is 21.4. The summed E-state index contributed by atoms with van der Waals surface area (Å²) >= 11 is 0. The highest BCUT2D eigenvalue weighted by Crippen LogP contribution is 2.71. The Morgan fingerprint density at radius 3 is 2.03 bits per heavy atom. The number of hydrogen-bond acceptors (Lipinski definition) is 3. The number of carbonyl (C=O) groups excluding carboxylic acids is 1. The molecule has 4 heteroatoms. The molecule has 0 aliphatic heterocycles. The summed E-state index contributed by atoms with van der Waals surface area (Å²) in [7, 11) is -1.75. The fraction of sp³-hybridized carbons (Fsp3) is 0.531. The van der Waals surface area contributed by atoms with Crippen LogP contribution in [0.4, 0.5) is 0 Å². The van der Waals surface area contributed by atoms with E-state index in [-0.39, 0.29) is 34.7 Å². The van der Waals surface area contributed by atoms with Gasteiger partial charge in [0, 0.05) is 17.3 Å². The summed E-state index contributed by atoms with van der Waals surface area (Å²) in [5.41, 5.74) is 4.94. The topological polar surface area (TPSA) is 46.5 Å². The molecule has 2 fully saturated rings. The number of aliphatic hydroxyl groups excluding tert-OH is 1. The minimum atomic E-state index is -1.75. The quantitative estimate of drug-likeness (QED) is 0.232. The smallest absolute Gasteiger partial charge is 0.336 e. The van der Waals surface area contributed by atoms with Crippen LogP contribution in [0.15, 0.2) is 71.9 Å². The first-order valence-corrected chi connectivity index (χ1v) is 17.2. The van der Waals surface area contributed by atoms with E-state index in [1.165, 1.54) is 11.1 Å². The molecule has 2 aliphatic carbocycles. The predicted molar refractivity (Wildman–Crippen MR) is 150 cm³/mol. The molecule has 194 valence electrons. The molecule has 2 aromatic carbocycles. The Bertz CT molecular complexity index is 1050. The van der Waals surface area contributed by atoms with Gasteiger partial charge in [-0.15, -0.1) is 0 Å². The van der Waals surface area contributed by atoms with Crippen LogP contribution in [0, 0.1) is 22.7 Å². The van der Waals surface area contributed by atoms with Crippen molar-refractivity contribution in [2.24, 2.45) is 22.7 Å². The molecule has 36 heavy (non-hydrogen) atoms. The summed E-state index contributed by atoms with van der Waals surface area (Å²) in [6.45, 7) is 15.6. The van der Waals surface area contributed by atoms with Crippen LogP contribution in [0.1, 0.15) is 64.0 Å². The number of esters is 1. The Balaban J connectivity index is 1.81. The number of rotatable bonds is 8. The molecular formula is C32H44O3Si. The van der Waals surface area contributed by atoms with Crippen LogP contribution >= 0.6 is 0 Å². The van der Waals surface area contributed by atoms with E-state index in [0.717, 1.165) is 12.8 Å². The molecular weight excluding hydrogens is 460 g/mol. The highest BCUT2D eigenvalue weighted by atomic mass is 28.3. The monoisotopic (exact) mass is 504 g/mol. The fourth-order valence-electron chi connectivity index (χ4n) is 7.11. The van der Waals surface area contributed by atoms with Gasteiger partial charge in [0.2, 0.25) is 0 Å². The van der Waals surface area contributed by atoms with Crippen molar-refractivity contribution in [3.8, 4) is 0 Å². The molecule has 2 aromatic rings. The number of ether oxygens (including phenoxy) is 1. The van der Waals surface area contributed by atoms with Crippen molar-refractivity contribution in [3.05, 3.63) is 83.1 Å². The molecule has 0 spiro atoms. The number of aliphatic hydroxyl groups is 1. The van der Waals surface area contributed by atoms with Gasteiger partial charge < -0.3 is 9.84 Å². The molecule has 0 saturated heterocycles. The minimum absolute atomic E-state index is 0.0381. The van der Waals surface area contributed by atoms with Crippen molar-refractivity contribution >= 4 is 14.0 Å². The van der Waals surface area contributed by atoms with Crippen LogP contribution in [0.25, 0.3) is 0 Å². The summed E-state index contributed by atoms with van der Waals surface area (Å²) in [4.78, 5) is 13.8. The molecule has 0 radical (unpaired) electrons. The Labute approximate surface area is 219 Å². The lowest BCUT2D eigenvalue weighted by Crippen LogP contribution is -2.43. The second-order valence-electron chi connectivity index (χ2n) is 12.9. The van der Waals surface area contributed by atoms with Crippen LogP contribution in [0.3, 0.4) is 0 Å². The van der Waals surface area contributed by atoms with Gasteiger partial charge in [-0.25, -0.2) is 4.79 Å². The van der Waals surface area contributed by atoms with Gasteiger partial charge in [0.25, 0.3) is 0 Å². The van der Waals surface area contributed by atoms with Crippen molar-refractivity contribution in [1.82, 2.24) is 0 Å². The van der Waals surface area contributed by atoms with Crippen LogP contribution < -0.4 is 0 Å². The summed E-state index contributed by atoms with van der Waals surface area (Å²) in [5.74, 6) is 0.411. The molecule has 2 bridgehead atoms. The first-order valence-electron chi connectivity index (χ1n) is 13.6. The van der Waals surface area contributed by atoms with Crippen LogP contribution in [-0.4, -0.2) is 31.4 Å². The average Bonchev–Trinajstić information content (AvgIpc) is 3.16. The van der Waals surface area contributed by atoms with Crippen molar-refractivity contribution in [3.63, 3.8) is 0 Å². The normalized spacial score (nSPS) is 28.4. The zero-order chi connectivity index (χ0) is 26.3. The van der Waals surface area contributed by atoms with E-state index >= 15 is 0 Å². The van der Waals surface area contributed by atoms with Gasteiger partial charge >= 0.3 is 5.97 Å². The summed E-state index contributed by atoms with van der Waals surface area (Å²) in [6.07, 6.45) is 1.69. The van der Waals surface area contributed by atoms with Gasteiger partial charge in [-0.05, 0) is 41.7 Å². The minimum Gasteiger partial charge on any atom is -0.458 e. The third-order valence-corrected chi connectivity index (χ3v) is 10.5. The van der Waals surface area contributed by atoms with E-state index in [2.05, 4.69) is 101 Å². The Morgan fingerprint density at radius 1 is 1.03 bits per heavy atom. The third-order valence-electron chi connectivity index (χ3n) is 9.32. The van der Waals surface area contributed by atoms with Gasteiger partial charge in [-0.1, -0.05) is 114 Å². The highest BCUT2D eigenvalue weighted by molar-refractivity contribution is 6.81. The molecule has 0 aromatic heterocycles. The van der Waals surface area contributed by atoms with Crippen molar-refractivity contribution in [2.45, 2.75) is 84.7 Å². The fourth-order valence-corrected chi connectivity index (χ4v) is 8.36. The zero-order valence-corrected chi connectivity index (χ0v) is 24.1. The Kier molecular flexibility index (Phi) is 7.42. The molecule has 2 saturated carbocycles. The van der Waals surface area contributed by atoms with E-state index in [4.69, 9.17) is 4.74 Å². The maximum absolute atomic E-state index is 13.8. The summed E-state index contributed by atoms with van der Waals surface area (Å²) in [5, 5.41) is 10.8. The largest absolute Gasteiger partial charge is 0.458 e. The van der Waals surface area contributed by atoms with Crippen LogP contribution in [-0.2, 0) is 9.53 Å². The molecule has 2 aliphatic rings. The summed E-state index contributed by atoms with van der Waals surface area (Å²) < 4.78 is 6.61. The molecule has 0 heterocycles. The maximum atomic E-state index is 13.8. The number of fused-ring (bicyclic) bond motifs is 2. The number of carbonyl (C=O) groups is 1. The Hall–Kier alpha value is -2.17. The van der Waals surface area contributed by atoms with Crippen molar-refractivity contribution in [1.29, 1.82) is 0 Å². The van der Waals surface area contributed by atoms with E-state index in [1.807, 2.05) is 12.6 Å². The standard InChI is InChI=1S/C32H44O3Si/c1-8-26(33)24(21-36(5,6)7)30(34)35-29-28(25-19-20-32(29,4)31(25,2)3)27(22-15-11-9-12-16-22)23-17-13-10-14-18-23/h9-18,21,25-29,33H,8,19-20H2,1-7H3/b24-21-. The number of benzene rings is 2. The van der Waals surface area contributed by atoms with E-state index in [1.54, 1.807) is 0 Å². The molecule has 4 rings (SSSR count). The molecule has 5 atom stereocenters. The van der Waals surface area contributed by atoms with Gasteiger partial charge in [0.05, 0.1) is 19.8 Å². The zero-order valence-electron chi connectivity index (χ0n) is 23.1. The van der Waals surface area contributed by atoms with Crippen LogP contribution in [0.2, 0.25) is 19.6 Å². The van der Waals surface area contributed by atoms with Gasteiger partial charge in [-0.3, -0.25) is 0 Å². The van der Waals surface area contributed by atoms with Gasteiger partial charge in [-0.2, -0.15) is 0 Å².